The molecular formula is C29H32F4N4O6. The van der Waals surface area contributed by atoms with Gasteiger partial charge in [-0.2, -0.15) is 13.2 Å². The summed E-state index contributed by atoms with van der Waals surface area (Å²) in [5, 5.41) is 5.25. The Labute approximate surface area is 245 Å². The minimum absolute atomic E-state index is 0.0680. The van der Waals surface area contributed by atoms with Crippen LogP contribution in [0.2, 0.25) is 0 Å². The van der Waals surface area contributed by atoms with Crippen LogP contribution < -0.4 is 10.6 Å². The topological polar surface area (TPSA) is 117 Å². The highest BCUT2D eigenvalue weighted by atomic mass is 19.4. The molecule has 14 heteroatoms. The zero-order valence-corrected chi connectivity index (χ0v) is 23.4. The van der Waals surface area contributed by atoms with E-state index >= 15 is 0 Å². The van der Waals surface area contributed by atoms with Crippen LogP contribution in [0.15, 0.2) is 47.7 Å². The second-order valence-corrected chi connectivity index (χ2v) is 11.2. The summed E-state index contributed by atoms with van der Waals surface area (Å²) in [4.78, 5) is 53.3. The molecule has 4 aliphatic rings. The van der Waals surface area contributed by atoms with E-state index < -0.39 is 60.7 Å². The molecule has 4 atom stereocenters. The molecule has 0 aromatic heterocycles. The van der Waals surface area contributed by atoms with Gasteiger partial charge in [0.1, 0.15) is 18.4 Å². The summed E-state index contributed by atoms with van der Waals surface area (Å²) in [5.41, 5.74) is -0.339. The Kier molecular flexibility index (Phi) is 8.50. The lowest BCUT2D eigenvalue weighted by Gasteiger charge is -2.32. The van der Waals surface area contributed by atoms with Crippen LogP contribution in [0.5, 0.6) is 0 Å². The number of nitrogens with zero attached hydrogens (tertiary/aromatic N) is 2. The van der Waals surface area contributed by atoms with Gasteiger partial charge in [-0.1, -0.05) is 18.2 Å². The smallest absolute Gasteiger partial charge is 0.411 e. The molecule has 5 rings (SSSR count). The fraction of sp³-hybridized carbons (Fsp3) is 0.517. The van der Waals surface area contributed by atoms with Crippen LogP contribution in [-0.4, -0.2) is 83.8 Å². The average Bonchev–Trinajstić information content (AvgIpc) is 3.68. The van der Waals surface area contributed by atoms with Crippen LogP contribution in [-0.2, 0) is 25.6 Å². The number of alkyl halides is 3. The van der Waals surface area contributed by atoms with Gasteiger partial charge < -0.3 is 25.0 Å². The van der Waals surface area contributed by atoms with Crippen molar-refractivity contribution in [2.75, 3.05) is 26.2 Å². The Bertz CT molecular complexity index is 1340. The van der Waals surface area contributed by atoms with Gasteiger partial charge in [-0.3, -0.25) is 14.5 Å². The molecule has 1 saturated carbocycles. The van der Waals surface area contributed by atoms with Gasteiger partial charge >= 0.3 is 18.3 Å². The van der Waals surface area contributed by atoms with Crippen molar-refractivity contribution in [2.45, 2.75) is 63.1 Å². The molecule has 2 aliphatic heterocycles. The molecule has 2 N–H and O–H groups in total. The van der Waals surface area contributed by atoms with E-state index in [9.17, 15) is 36.7 Å². The quantitative estimate of drug-likeness (QED) is 0.436. The number of carbonyl (C=O) groups is 4. The normalized spacial score (nSPS) is 25.7. The maximum atomic E-state index is 13.7. The number of rotatable bonds is 8. The molecule has 2 saturated heterocycles. The van der Waals surface area contributed by atoms with Crippen molar-refractivity contribution >= 4 is 23.8 Å². The second-order valence-electron chi connectivity index (χ2n) is 11.2. The van der Waals surface area contributed by atoms with Crippen molar-refractivity contribution in [3.8, 4) is 0 Å². The number of ether oxygens (including phenoxy) is 2. The largest absolute Gasteiger partial charge is 0.436 e. The maximum Gasteiger partial charge on any atom is 0.411 e. The Morgan fingerprint density at radius 2 is 1.91 bits per heavy atom. The summed E-state index contributed by atoms with van der Waals surface area (Å²) in [7, 11) is 0. The lowest BCUT2D eigenvalue weighted by molar-refractivity contribution is -0.187. The molecule has 0 radical (unpaired) electrons. The Hall–Kier alpha value is -3.94. The molecule has 43 heavy (non-hydrogen) atoms. The maximum absolute atomic E-state index is 13.7. The zero-order chi connectivity index (χ0) is 30.9. The van der Waals surface area contributed by atoms with E-state index in [2.05, 4.69) is 10.6 Å². The van der Waals surface area contributed by atoms with E-state index in [1.165, 1.54) is 18.2 Å². The molecular weight excluding hydrogens is 576 g/mol. The molecule has 2 aliphatic carbocycles. The first-order chi connectivity index (χ1) is 20.4. The van der Waals surface area contributed by atoms with Crippen molar-refractivity contribution < 1.29 is 46.2 Å². The summed E-state index contributed by atoms with van der Waals surface area (Å²) in [6.45, 7) is 0.543. The lowest BCUT2D eigenvalue weighted by Crippen LogP contribution is -2.50. The molecule has 1 aromatic carbocycles. The first-order valence-electron chi connectivity index (χ1n) is 14.1. The van der Waals surface area contributed by atoms with E-state index in [4.69, 9.17) is 9.47 Å². The summed E-state index contributed by atoms with van der Waals surface area (Å²) in [6.07, 6.45) is -0.309. The number of carbonyl (C=O) groups excluding carboxylic acids is 4. The molecule has 1 unspecified atom stereocenters. The molecule has 1 spiro atoms. The van der Waals surface area contributed by atoms with Gasteiger partial charge in [-0.25, -0.2) is 14.0 Å². The van der Waals surface area contributed by atoms with Crippen molar-refractivity contribution in [2.24, 2.45) is 5.92 Å². The molecule has 10 nitrogen and oxygen atoms in total. The van der Waals surface area contributed by atoms with Gasteiger partial charge in [-0.15, -0.1) is 0 Å². The molecule has 232 valence electrons. The van der Waals surface area contributed by atoms with Gasteiger partial charge in [0.2, 0.25) is 5.91 Å². The number of amides is 4. The third kappa shape index (κ3) is 6.53. The van der Waals surface area contributed by atoms with Crippen LogP contribution in [0.4, 0.5) is 27.2 Å². The first kappa shape index (κ1) is 30.5. The summed E-state index contributed by atoms with van der Waals surface area (Å²) in [5.74, 6) is -2.55. The number of ketones is 1. The molecule has 0 bridgehead atoms. The SMILES string of the molecule is C[C@H](N(Cc1ccc(F)cc1)C(=O)CN1C[C@]2(CCC3C(=O)C(NC(=O)NC[C@H]4CCCO4)=CC=C32)OC1=O)C(F)(F)F. The number of nitrogens with one attached hydrogen (secondary N) is 2. The first-order valence-corrected chi connectivity index (χ1v) is 14.1. The van der Waals surface area contributed by atoms with E-state index in [1.807, 2.05) is 0 Å². The number of hydrogen-bond acceptors (Lipinski definition) is 6. The summed E-state index contributed by atoms with van der Waals surface area (Å²) >= 11 is 0. The molecule has 3 fully saturated rings. The highest BCUT2D eigenvalue weighted by Crippen LogP contribution is 2.48. The van der Waals surface area contributed by atoms with Crippen LogP contribution in [0.25, 0.3) is 0 Å². The number of urea groups is 1. The summed E-state index contributed by atoms with van der Waals surface area (Å²) < 4.78 is 65.5. The van der Waals surface area contributed by atoms with Gasteiger partial charge in [-0.05, 0) is 62.0 Å². The van der Waals surface area contributed by atoms with Gasteiger partial charge in [0, 0.05) is 25.6 Å². The highest BCUT2D eigenvalue weighted by Gasteiger charge is 2.56. The van der Waals surface area contributed by atoms with Crippen molar-refractivity contribution in [3.05, 3.63) is 59.1 Å². The number of allylic oxidation sites excluding steroid dienone is 3. The van der Waals surface area contributed by atoms with Crippen molar-refractivity contribution in [1.29, 1.82) is 0 Å². The third-order valence-electron chi connectivity index (χ3n) is 8.35. The molecule has 4 amide bonds. The van der Waals surface area contributed by atoms with E-state index in [0.717, 1.165) is 36.8 Å². The highest BCUT2D eigenvalue weighted by molar-refractivity contribution is 6.03. The lowest BCUT2D eigenvalue weighted by atomic mass is 9.85. The number of Topliss-reactive ketones (excluding diaryl/α,β-unsaturated/α-hetero) is 1. The number of fused-ring (bicyclic) bond motifs is 2. The number of hydrogen-bond donors (Lipinski definition) is 2. The number of halogens is 4. The monoisotopic (exact) mass is 608 g/mol. The van der Waals surface area contributed by atoms with Crippen molar-refractivity contribution in [1.82, 2.24) is 20.4 Å². The van der Waals surface area contributed by atoms with E-state index in [0.29, 0.717) is 30.0 Å². The standard InChI is InChI=1S/C29H32F4N4O6/c1-17(29(31,32)33)37(14-18-4-6-19(30)7-5-18)24(38)15-36-16-28(43-27(36)41)11-10-21-22(28)8-9-23(25(21)39)35-26(40)34-13-20-3-2-12-42-20/h4-9,17,20-21H,2-3,10-16H2,1H3,(H2,34,35,40)/t17-,20+,21?,28-/m0/s1. The van der Waals surface area contributed by atoms with Gasteiger partial charge in [0.05, 0.1) is 18.3 Å². The Balaban J connectivity index is 1.26. The van der Waals surface area contributed by atoms with E-state index in [1.54, 1.807) is 6.08 Å². The summed E-state index contributed by atoms with van der Waals surface area (Å²) in [6, 6.07) is 2.02. The third-order valence-corrected chi connectivity index (χ3v) is 8.35. The fourth-order valence-electron chi connectivity index (χ4n) is 5.96. The van der Waals surface area contributed by atoms with Crippen LogP contribution in [0.1, 0.15) is 38.2 Å². The minimum atomic E-state index is -4.74. The average molecular weight is 609 g/mol. The van der Waals surface area contributed by atoms with Crippen LogP contribution in [0, 0.1) is 11.7 Å². The predicted octanol–water partition coefficient (Wildman–Crippen LogP) is 3.58. The number of benzene rings is 1. The van der Waals surface area contributed by atoms with Crippen molar-refractivity contribution in [3.63, 3.8) is 0 Å². The zero-order valence-electron chi connectivity index (χ0n) is 23.4. The van der Waals surface area contributed by atoms with E-state index in [-0.39, 0.29) is 36.1 Å². The molecule has 1 aromatic rings. The minimum Gasteiger partial charge on any atom is -0.436 e. The van der Waals surface area contributed by atoms with Crippen LogP contribution in [0.3, 0.4) is 0 Å². The predicted molar refractivity (Wildman–Crippen MR) is 143 cm³/mol. The Morgan fingerprint density at radius 3 is 2.58 bits per heavy atom. The second kappa shape index (κ2) is 12.0. The van der Waals surface area contributed by atoms with Gasteiger partial charge in [0.25, 0.3) is 0 Å². The fourth-order valence-corrected chi connectivity index (χ4v) is 5.96. The van der Waals surface area contributed by atoms with Crippen LogP contribution >= 0.6 is 0 Å². The molecule has 2 heterocycles. The Morgan fingerprint density at radius 1 is 1.16 bits per heavy atom. The van der Waals surface area contributed by atoms with Gasteiger partial charge in [0.15, 0.2) is 11.4 Å².